The van der Waals surface area contributed by atoms with E-state index in [9.17, 15) is 9.59 Å². The molecule has 0 fully saturated rings. The van der Waals surface area contributed by atoms with E-state index >= 15 is 0 Å². The highest BCUT2D eigenvalue weighted by Gasteiger charge is 2.46. The minimum atomic E-state index is -1.27. The van der Waals surface area contributed by atoms with Crippen LogP contribution in [0.3, 0.4) is 0 Å². The fourth-order valence-electron chi connectivity index (χ4n) is 4.11. The third kappa shape index (κ3) is 7.08. The van der Waals surface area contributed by atoms with Gasteiger partial charge in [0, 0.05) is 5.39 Å². The van der Waals surface area contributed by atoms with E-state index in [1.807, 2.05) is 50.2 Å². The molecule has 0 saturated heterocycles. The van der Waals surface area contributed by atoms with Gasteiger partial charge in [-0.25, -0.2) is 0 Å². The Morgan fingerprint density at radius 3 is 1.97 bits per heavy atom. The molecule has 0 saturated carbocycles. The number of esters is 2. The maximum atomic E-state index is 13.1. The second-order valence-corrected chi connectivity index (χ2v) is 8.62. The molecule has 0 unspecified atom stereocenters. The van der Waals surface area contributed by atoms with Crippen molar-refractivity contribution < 1.29 is 19.1 Å². The highest BCUT2D eigenvalue weighted by molar-refractivity contribution is 6.02. The molecule has 0 bridgehead atoms. The van der Waals surface area contributed by atoms with Gasteiger partial charge in [-0.2, -0.15) is 0 Å². The molecule has 2 aromatic rings. The monoisotopic (exact) mass is 440 g/mol. The standard InChI is InChI=1S/C28H40O4/c1-4-7-8-9-10-11-12-13-16-22-31-26(29)28(5-2,6-3)27(30)32-25-21-17-19-23-18-14-15-20-24(23)25/h14-15,17-21H,4-13,16,22H2,1-3H3. The van der Waals surface area contributed by atoms with Crippen molar-refractivity contribution in [1.82, 2.24) is 0 Å². The molecule has 2 aromatic carbocycles. The summed E-state index contributed by atoms with van der Waals surface area (Å²) in [5.41, 5.74) is -1.27. The Morgan fingerprint density at radius 1 is 0.719 bits per heavy atom. The number of carbonyl (C=O) groups excluding carboxylic acids is 2. The van der Waals surface area contributed by atoms with Gasteiger partial charge in [0.15, 0.2) is 5.41 Å². The number of rotatable bonds is 15. The highest BCUT2D eigenvalue weighted by atomic mass is 16.6. The lowest BCUT2D eigenvalue weighted by atomic mass is 9.82. The number of benzene rings is 2. The van der Waals surface area contributed by atoms with Crippen molar-refractivity contribution in [3.8, 4) is 5.75 Å². The van der Waals surface area contributed by atoms with Gasteiger partial charge in [-0.15, -0.1) is 0 Å². The molecule has 0 heterocycles. The smallest absolute Gasteiger partial charge is 0.328 e. The minimum Gasteiger partial charge on any atom is -0.465 e. The molecule has 0 aliphatic heterocycles. The third-order valence-electron chi connectivity index (χ3n) is 6.42. The molecule has 0 spiro atoms. The van der Waals surface area contributed by atoms with Crippen LogP contribution in [-0.2, 0) is 14.3 Å². The minimum absolute atomic E-state index is 0.351. The average molecular weight is 441 g/mol. The quantitative estimate of drug-likeness (QED) is 0.124. The first-order valence-corrected chi connectivity index (χ1v) is 12.5. The SMILES string of the molecule is CCCCCCCCCCCOC(=O)C(CC)(CC)C(=O)Oc1cccc2ccccc12. The molecular formula is C28H40O4. The summed E-state index contributed by atoms with van der Waals surface area (Å²) in [5.74, 6) is -0.519. The molecule has 176 valence electrons. The largest absolute Gasteiger partial charge is 0.465 e. The maximum absolute atomic E-state index is 13.1. The number of carbonyl (C=O) groups is 2. The molecule has 0 aromatic heterocycles. The molecule has 0 aliphatic rings. The lowest BCUT2D eigenvalue weighted by Gasteiger charge is -2.27. The summed E-state index contributed by atoms with van der Waals surface area (Å²) in [6, 6.07) is 13.3. The van der Waals surface area contributed by atoms with E-state index < -0.39 is 17.4 Å². The molecule has 0 N–H and O–H groups in total. The summed E-state index contributed by atoms with van der Waals surface area (Å²) in [7, 11) is 0. The predicted molar refractivity (Wildman–Crippen MR) is 131 cm³/mol. The molecule has 0 amide bonds. The van der Waals surface area contributed by atoms with Crippen molar-refractivity contribution >= 4 is 22.7 Å². The van der Waals surface area contributed by atoms with Crippen molar-refractivity contribution in [2.24, 2.45) is 5.41 Å². The van der Waals surface area contributed by atoms with E-state index in [1.54, 1.807) is 6.07 Å². The van der Waals surface area contributed by atoms with Crippen LogP contribution in [0.15, 0.2) is 42.5 Å². The van der Waals surface area contributed by atoms with Gasteiger partial charge in [0.05, 0.1) is 6.61 Å². The van der Waals surface area contributed by atoms with Gasteiger partial charge in [-0.1, -0.05) is 109 Å². The molecule has 4 heteroatoms. The summed E-state index contributed by atoms with van der Waals surface area (Å²) < 4.78 is 11.3. The highest BCUT2D eigenvalue weighted by Crippen LogP contribution is 2.33. The first kappa shape index (κ1) is 25.9. The molecule has 0 atom stereocenters. The van der Waals surface area contributed by atoms with Gasteiger partial charge in [0.1, 0.15) is 5.75 Å². The van der Waals surface area contributed by atoms with Gasteiger partial charge < -0.3 is 9.47 Å². The van der Waals surface area contributed by atoms with Crippen LogP contribution in [0.2, 0.25) is 0 Å². The van der Waals surface area contributed by atoms with Crippen molar-refractivity contribution in [2.75, 3.05) is 6.61 Å². The second-order valence-electron chi connectivity index (χ2n) is 8.62. The van der Waals surface area contributed by atoms with Gasteiger partial charge in [0.25, 0.3) is 0 Å². The van der Waals surface area contributed by atoms with Crippen LogP contribution >= 0.6 is 0 Å². The van der Waals surface area contributed by atoms with E-state index in [0.717, 1.165) is 23.6 Å². The Bertz CT molecular complexity index is 833. The lowest BCUT2D eigenvalue weighted by Crippen LogP contribution is -2.42. The van der Waals surface area contributed by atoms with Crippen molar-refractivity contribution in [3.05, 3.63) is 42.5 Å². The van der Waals surface area contributed by atoms with Crippen LogP contribution in [0.5, 0.6) is 5.75 Å². The topological polar surface area (TPSA) is 52.6 Å². The van der Waals surface area contributed by atoms with E-state index in [4.69, 9.17) is 9.47 Å². The zero-order valence-electron chi connectivity index (χ0n) is 20.2. The maximum Gasteiger partial charge on any atom is 0.328 e. The Labute approximate surface area is 193 Å². The van der Waals surface area contributed by atoms with E-state index in [1.165, 1.54) is 44.9 Å². The summed E-state index contributed by atoms with van der Waals surface area (Å²) in [5, 5.41) is 1.84. The van der Waals surface area contributed by atoms with E-state index in [2.05, 4.69) is 6.92 Å². The summed E-state index contributed by atoms with van der Waals surface area (Å²) in [4.78, 5) is 26.1. The van der Waals surface area contributed by atoms with Crippen LogP contribution in [-0.4, -0.2) is 18.5 Å². The summed E-state index contributed by atoms with van der Waals surface area (Å²) in [6.07, 6.45) is 11.5. The Morgan fingerprint density at radius 2 is 1.31 bits per heavy atom. The van der Waals surface area contributed by atoms with Crippen molar-refractivity contribution in [1.29, 1.82) is 0 Å². The first-order valence-electron chi connectivity index (χ1n) is 12.5. The van der Waals surface area contributed by atoms with Gasteiger partial charge in [0.2, 0.25) is 0 Å². The molecular weight excluding hydrogens is 400 g/mol. The fourth-order valence-corrected chi connectivity index (χ4v) is 4.11. The first-order chi connectivity index (χ1) is 15.6. The molecule has 32 heavy (non-hydrogen) atoms. The van der Waals surface area contributed by atoms with Crippen LogP contribution in [0.25, 0.3) is 10.8 Å². The Kier molecular flexibility index (Phi) is 11.3. The average Bonchev–Trinajstić information content (AvgIpc) is 2.81. The number of hydrogen-bond donors (Lipinski definition) is 0. The van der Waals surface area contributed by atoms with Crippen molar-refractivity contribution in [2.45, 2.75) is 91.4 Å². The lowest BCUT2D eigenvalue weighted by molar-refractivity contribution is -0.168. The van der Waals surface area contributed by atoms with Crippen LogP contribution < -0.4 is 4.74 Å². The number of fused-ring (bicyclic) bond motifs is 1. The normalized spacial score (nSPS) is 11.5. The van der Waals surface area contributed by atoms with Gasteiger partial charge in [-0.3, -0.25) is 9.59 Å². The Balaban J connectivity index is 1.86. The van der Waals surface area contributed by atoms with Crippen LogP contribution in [0, 0.1) is 5.41 Å². The van der Waals surface area contributed by atoms with E-state index in [-0.39, 0.29) is 0 Å². The fraction of sp³-hybridized carbons (Fsp3) is 0.571. The molecule has 0 aliphatic carbocycles. The van der Waals surface area contributed by atoms with Crippen LogP contribution in [0.1, 0.15) is 91.4 Å². The van der Waals surface area contributed by atoms with E-state index in [0.29, 0.717) is 25.2 Å². The Hall–Kier alpha value is -2.36. The zero-order chi connectivity index (χ0) is 23.2. The number of ether oxygens (including phenoxy) is 2. The number of unbranched alkanes of at least 4 members (excludes halogenated alkanes) is 8. The molecule has 2 rings (SSSR count). The predicted octanol–water partition coefficient (Wildman–Crippen LogP) is 7.63. The van der Waals surface area contributed by atoms with Gasteiger partial charge >= 0.3 is 11.9 Å². The second kappa shape index (κ2) is 13.9. The van der Waals surface area contributed by atoms with Crippen LogP contribution in [0.4, 0.5) is 0 Å². The third-order valence-corrected chi connectivity index (χ3v) is 6.42. The molecule has 0 radical (unpaired) electrons. The van der Waals surface area contributed by atoms with Gasteiger partial charge in [-0.05, 0) is 30.7 Å². The van der Waals surface area contributed by atoms with Crippen molar-refractivity contribution in [3.63, 3.8) is 0 Å². The zero-order valence-corrected chi connectivity index (χ0v) is 20.2. The molecule has 4 nitrogen and oxygen atoms in total. The summed E-state index contributed by atoms with van der Waals surface area (Å²) >= 11 is 0. The number of hydrogen-bond acceptors (Lipinski definition) is 4. The summed E-state index contributed by atoms with van der Waals surface area (Å²) in [6.45, 7) is 6.27.